The van der Waals surface area contributed by atoms with E-state index in [4.69, 9.17) is 0 Å². The molecule has 0 radical (unpaired) electrons. The molecular formula is C17H18F2N2O3S2. The Morgan fingerprint density at radius 1 is 1.00 bits per heavy atom. The second-order valence-electron chi connectivity index (χ2n) is 5.66. The summed E-state index contributed by atoms with van der Waals surface area (Å²) in [6.07, 6.45) is 0. The number of amides is 1. The van der Waals surface area contributed by atoms with Crippen molar-refractivity contribution in [1.29, 1.82) is 0 Å². The van der Waals surface area contributed by atoms with Gasteiger partial charge in [-0.15, -0.1) is 0 Å². The summed E-state index contributed by atoms with van der Waals surface area (Å²) in [4.78, 5) is 12.7. The lowest BCUT2D eigenvalue weighted by atomic mass is 10.2. The van der Waals surface area contributed by atoms with Crippen LogP contribution in [0.25, 0.3) is 0 Å². The van der Waals surface area contributed by atoms with E-state index in [9.17, 15) is 22.0 Å². The van der Waals surface area contributed by atoms with Gasteiger partial charge in [0.05, 0.1) is 4.90 Å². The lowest BCUT2D eigenvalue weighted by Gasteiger charge is -2.10. The van der Waals surface area contributed by atoms with Crippen molar-refractivity contribution in [3.63, 3.8) is 0 Å². The van der Waals surface area contributed by atoms with Gasteiger partial charge in [0.25, 0.3) is 11.7 Å². The molecule has 0 aromatic heterocycles. The Hall–Kier alpha value is -1.97. The van der Waals surface area contributed by atoms with Crippen LogP contribution >= 0.6 is 11.8 Å². The molecule has 1 amide bonds. The van der Waals surface area contributed by atoms with Crippen molar-refractivity contribution in [2.75, 3.05) is 5.32 Å². The Morgan fingerprint density at radius 2 is 1.58 bits per heavy atom. The van der Waals surface area contributed by atoms with E-state index < -0.39 is 21.7 Å². The Morgan fingerprint density at radius 3 is 2.08 bits per heavy atom. The molecule has 0 heterocycles. The summed E-state index contributed by atoms with van der Waals surface area (Å²) in [7, 11) is -3.62. The number of sulfonamides is 1. The average Bonchev–Trinajstić information content (AvgIpc) is 2.55. The summed E-state index contributed by atoms with van der Waals surface area (Å²) in [5.41, 5.74) is 0.728. The van der Waals surface area contributed by atoms with Crippen LogP contribution in [0.2, 0.25) is 0 Å². The number of anilines is 1. The molecule has 0 fully saturated rings. The number of carbonyl (C=O) groups is 1. The molecule has 0 spiro atoms. The van der Waals surface area contributed by atoms with Crippen molar-refractivity contribution in [1.82, 2.24) is 4.72 Å². The normalized spacial score (nSPS) is 11.8. The van der Waals surface area contributed by atoms with Crippen molar-refractivity contribution in [3.05, 3.63) is 54.1 Å². The molecule has 0 saturated carbocycles. The molecule has 2 rings (SSSR count). The highest BCUT2D eigenvalue weighted by atomic mass is 32.2. The van der Waals surface area contributed by atoms with Crippen molar-refractivity contribution < 1.29 is 22.0 Å². The van der Waals surface area contributed by atoms with E-state index in [1.165, 1.54) is 48.5 Å². The van der Waals surface area contributed by atoms with Gasteiger partial charge in [0.15, 0.2) is 0 Å². The molecule has 0 unspecified atom stereocenters. The third kappa shape index (κ3) is 5.79. The molecule has 0 aliphatic carbocycles. The van der Waals surface area contributed by atoms with E-state index in [1.54, 1.807) is 13.8 Å². The zero-order chi connectivity index (χ0) is 19.3. The molecule has 140 valence electrons. The standard InChI is InChI=1S/C17H18F2N2O3S2/c1-11(2)21-26(23,24)15-9-3-12(4-10-15)16(22)20-13-5-7-14(8-6-13)25-17(18)19/h3-11,17,21H,1-2H3,(H,20,22). The molecule has 2 N–H and O–H groups in total. The third-order valence-electron chi connectivity index (χ3n) is 3.16. The fourth-order valence-electron chi connectivity index (χ4n) is 2.09. The molecule has 9 heteroatoms. The van der Waals surface area contributed by atoms with E-state index in [-0.39, 0.29) is 16.5 Å². The fraction of sp³-hybridized carbons (Fsp3) is 0.235. The van der Waals surface area contributed by atoms with E-state index in [2.05, 4.69) is 10.0 Å². The minimum absolute atomic E-state index is 0.0659. The van der Waals surface area contributed by atoms with Gasteiger partial charge in [-0.1, -0.05) is 11.8 Å². The van der Waals surface area contributed by atoms with Gasteiger partial charge in [0.1, 0.15) is 0 Å². The quantitative estimate of drug-likeness (QED) is 0.691. The van der Waals surface area contributed by atoms with Gasteiger partial charge in [-0.25, -0.2) is 13.1 Å². The first-order chi connectivity index (χ1) is 12.2. The minimum atomic E-state index is -3.62. The zero-order valence-electron chi connectivity index (χ0n) is 14.1. The van der Waals surface area contributed by atoms with Crippen LogP contribution in [0.1, 0.15) is 24.2 Å². The third-order valence-corrected chi connectivity index (χ3v) is 5.55. The fourth-order valence-corrected chi connectivity index (χ4v) is 3.84. The summed E-state index contributed by atoms with van der Waals surface area (Å²) in [5, 5.41) is 2.63. The van der Waals surface area contributed by atoms with Crippen LogP contribution in [0.4, 0.5) is 14.5 Å². The summed E-state index contributed by atoms with van der Waals surface area (Å²) in [6, 6.07) is 11.3. The first-order valence-electron chi connectivity index (χ1n) is 7.66. The summed E-state index contributed by atoms with van der Waals surface area (Å²) < 4.78 is 51.1. The summed E-state index contributed by atoms with van der Waals surface area (Å²) in [5.74, 6) is -2.93. The van der Waals surface area contributed by atoms with Crippen LogP contribution < -0.4 is 10.0 Å². The molecule has 0 bridgehead atoms. The van der Waals surface area contributed by atoms with E-state index >= 15 is 0 Å². The predicted octanol–water partition coefficient (Wildman–Crippen LogP) is 3.94. The van der Waals surface area contributed by atoms with Crippen LogP contribution in [0, 0.1) is 0 Å². The van der Waals surface area contributed by atoms with Crippen molar-refractivity contribution >= 4 is 33.4 Å². The van der Waals surface area contributed by atoms with Crippen LogP contribution in [-0.2, 0) is 10.0 Å². The molecule has 2 aromatic carbocycles. The highest BCUT2D eigenvalue weighted by molar-refractivity contribution is 7.99. The Labute approximate surface area is 155 Å². The first kappa shape index (κ1) is 20.3. The molecule has 5 nitrogen and oxygen atoms in total. The maximum Gasteiger partial charge on any atom is 0.288 e. The van der Waals surface area contributed by atoms with Gasteiger partial charge in [-0.2, -0.15) is 8.78 Å². The number of nitrogens with one attached hydrogen (secondary N) is 2. The van der Waals surface area contributed by atoms with E-state index in [0.29, 0.717) is 22.3 Å². The van der Waals surface area contributed by atoms with Gasteiger partial charge in [-0.05, 0) is 62.4 Å². The topological polar surface area (TPSA) is 75.3 Å². The molecule has 2 aromatic rings. The van der Waals surface area contributed by atoms with Gasteiger partial charge in [0.2, 0.25) is 10.0 Å². The predicted molar refractivity (Wildman–Crippen MR) is 98.2 cm³/mol. The lowest BCUT2D eigenvalue weighted by Crippen LogP contribution is -2.30. The van der Waals surface area contributed by atoms with Crippen molar-refractivity contribution in [3.8, 4) is 0 Å². The average molecular weight is 400 g/mol. The Balaban J connectivity index is 2.06. The van der Waals surface area contributed by atoms with Crippen molar-refractivity contribution in [2.45, 2.75) is 35.4 Å². The highest BCUT2D eigenvalue weighted by Crippen LogP contribution is 2.26. The number of carbonyl (C=O) groups excluding carboxylic acids is 1. The van der Waals surface area contributed by atoms with Gasteiger partial charge in [-0.3, -0.25) is 4.79 Å². The van der Waals surface area contributed by atoms with Gasteiger partial charge < -0.3 is 5.32 Å². The minimum Gasteiger partial charge on any atom is -0.322 e. The number of rotatable bonds is 7. The molecule has 0 saturated heterocycles. The smallest absolute Gasteiger partial charge is 0.288 e. The first-order valence-corrected chi connectivity index (χ1v) is 10.0. The number of halogens is 2. The summed E-state index contributed by atoms with van der Waals surface area (Å²) in [6.45, 7) is 3.43. The van der Waals surface area contributed by atoms with Gasteiger partial charge in [0, 0.05) is 22.2 Å². The van der Waals surface area contributed by atoms with E-state index in [1.807, 2.05) is 0 Å². The van der Waals surface area contributed by atoms with Crippen LogP contribution in [0.5, 0.6) is 0 Å². The second-order valence-corrected chi connectivity index (χ2v) is 8.43. The van der Waals surface area contributed by atoms with Crippen molar-refractivity contribution in [2.24, 2.45) is 0 Å². The van der Waals surface area contributed by atoms with E-state index in [0.717, 1.165) is 0 Å². The Kier molecular flexibility index (Phi) is 6.74. The number of thioether (sulfide) groups is 1. The molecule has 26 heavy (non-hydrogen) atoms. The SMILES string of the molecule is CC(C)NS(=O)(=O)c1ccc(C(=O)Nc2ccc(SC(F)F)cc2)cc1. The number of hydrogen-bond donors (Lipinski definition) is 2. The number of hydrogen-bond acceptors (Lipinski definition) is 4. The summed E-state index contributed by atoms with van der Waals surface area (Å²) >= 11 is 0.421. The lowest BCUT2D eigenvalue weighted by molar-refractivity contribution is 0.102. The maximum atomic E-state index is 12.3. The Bertz CT molecular complexity index is 853. The number of alkyl halides is 2. The number of benzene rings is 2. The van der Waals surface area contributed by atoms with Crippen LogP contribution in [0.3, 0.4) is 0 Å². The highest BCUT2D eigenvalue weighted by Gasteiger charge is 2.16. The maximum absolute atomic E-state index is 12.3. The monoisotopic (exact) mass is 400 g/mol. The zero-order valence-corrected chi connectivity index (χ0v) is 15.7. The largest absolute Gasteiger partial charge is 0.322 e. The van der Waals surface area contributed by atoms with Gasteiger partial charge >= 0.3 is 0 Å². The van der Waals surface area contributed by atoms with Crippen LogP contribution in [0.15, 0.2) is 58.3 Å². The molecule has 0 aliphatic heterocycles. The molecule has 0 atom stereocenters. The molecular weight excluding hydrogens is 382 g/mol. The second kappa shape index (κ2) is 8.61. The molecule has 0 aliphatic rings. The van der Waals surface area contributed by atoms with Crippen LogP contribution in [-0.4, -0.2) is 26.1 Å².